The molecule has 0 fully saturated rings. The Labute approximate surface area is 111 Å². The van der Waals surface area contributed by atoms with Crippen LogP contribution < -0.4 is 0 Å². The van der Waals surface area contributed by atoms with Crippen LogP contribution >= 0.6 is 11.8 Å². The maximum atomic E-state index is 13.7. The molecule has 1 aromatic rings. The highest BCUT2D eigenvalue weighted by Crippen LogP contribution is 2.22. The Morgan fingerprint density at radius 3 is 2.83 bits per heavy atom. The lowest BCUT2D eigenvalue weighted by Crippen LogP contribution is -1.96. The van der Waals surface area contributed by atoms with Crippen LogP contribution in [-0.2, 0) is 10.5 Å². The van der Waals surface area contributed by atoms with Crippen LogP contribution in [0.4, 0.5) is 4.39 Å². The third-order valence-electron chi connectivity index (χ3n) is 2.59. The van der Waals surface area contributed by atoms with Crippen LogP contribution in [0, 0.1) is 5.82 Å². The van der Waals surface area contributed by atoms with Crippen LogP contribution in [0.25, 0.3) is 6.08 Å². The molecule has 1 aromatic carbocycles. The number of hydrogen-bond acceptors (Lipinski definition) is 2. The molecule has 0 spiro atoms. The lowest BCUT2D eigenvalue weighted by Gasteiger charge is -2.09. The van der Waals surface area contributed by atoms with E-state index in [9.17, 15) is 9.18 Å². The molecule has 0 aromatic heterocycles. The van der Waals surface area contributed by atoms with Crippen molar-refractivity contribution in [3.8, 4) is 0 Å². The number of halogens is 1. The summed E-state index contributed by atoms with van der Waals surface area (Å²) in [5.74, 6) is -0.672. The van der Waals surface area contributed by atoms with Gasteiger partial charge in [-0.3, -0.25) is 0 Å². The largest absolute Gasteiger partial charge is 0.478 e. The number of thioether (sulfide) groups is 1. The Hall–Kier alpha value is -1.29. The monoisotopic (exact) mass is 268 g/mol. The Balaban J connectivity index is 2.70. The molecule has 0 amide bonds. The third kappa shape index (κ3) is 4.92. The van der Waals surface area contributed by atoms with E-state index in [-0.39, 0.29) is 5.82 Å². The van der Waals surface area contributed by atoms with Gasteiger partial charge in [-0.15, -0.1) is 0 Å². The van der Waals surface area contributed by atoms with Crippen molar-refractivity contribution in [3.63, 3.8) is 0 Å². The number of carboxylic acids is 1. The van der Waals surface area contributed by atoms with Gasteiger partial charge in [-0.2, -0.15) is 11.8 Å². The van der Waals surface area contributed by atoms with Crippen LogP contribution in [0.1, 0.15) is 31.4 Å². The van der Waals surface area contributed by atoms with Crippen molar-refractivity contribution in [2.45, 2.75) is 31.3 Å². The van der Waals surface area contributed by atoms with E-state index >= 15 is 0 Å². The maximum Gasteiger partial charge on any atom is 0.328 e. The number of rotatable bonds is 6. The van der Waals surface area contributed by atoms with Crippen LogP contribution in [0.3, 0.4) is 0 Å². The SMILES string of the molecule is CCC(C)SCc1ccc(/C=C/C(=O)O)cc1F. The van der Waals surface area contributed by atoms with Gasteiger partial charge in [-0.25, -0.2) is 9.18 Å². The zero-order valence-electron chi connectivity index (χ0n) is 10.5. The highest BCUT2D eigenvalue weighted by molar-refractivity contribution is 7.99. The van der Waals surface area contributed by atoms with E-state index < -0.39 is 5.97 Å². The zero-order chi connectivity index (χ0) is 13.5. The quantitative estimate of drug-likeness (QED) is 0.794. The van der Waals surface area contributed by atoms with E-state index in [2.05, 4.69) is 13.8 Å². The van der Waals surface area contributed by atoms with E-state index in [1.165, 1.54) is 12.1 Å². The fraction of sp³-hybridized carbons (Fsp3) is 0.357. The van der Waals surface area contributed by atoms with Gasteiger partial charge >= 0.3 is 5.97 Å². The van der Waals surface area contributed by atoms with Gasteiger partial charge in [0.15, 0.2) is 0 Å². The number of aliphatic carboxylic acids is 1. The normalized spacial score (nSPS) is 12.8. The summed E-state index contributed by atoms with van der Waals surface area (Å²) >= 11 is 1.72. The van der Waals surface area contributed by atoms with Crippen molar-refractivity contribution < 1.29 is 14.3 Å². The number of benzene rings is 1. The summed E-state index contributed by atoms with van der Waals surface area (Å²) in [6.07, 6.45) is 3.45. The fourth-order valence-corrected chi connectivity index (χ4v) is 2.24. The molecule has 18 heavy (non-hydrogen) atoms. The van der Waals surface area contributed by atoms with Crippen molar-refractivity contribution in [1.82, 2.24) is 0 Å². The van der Waals surface area contributed by atoms with Crippen molar-refractivity contribution in [2.24, 2.45) is 0 Å². The first kappa shape index (κ1) is 14.8. The van der Waals surface area contributed by atoms with Gasteiger partial charge in [0.25, 0.3) is 0 Å². The van der Waals surface area contributed by atoms with Gasteiger partial charge in [0.05, 0.1) is 0 Å². The van der Waals surface area contributed by atoms with Gasteiger partial charge in [-0.05, 0) is 29.7 Å². The highest BCUT2D eigenvalue weighted by Gasteiger charge is 2.05. The lowest BCUT2D eigenvalue weighted by atomic mass is 10.1. The smallest absolute Gasteiger partial charge is 0.328 e. The lowest BCUT2D eigenvalue weighted by molar-refractivity contribution is -0.131. The van der Waals surface area contributed by atoms with Gasteiger partial charge < -0.3 is 5.11 Å². The summed E-state index contributed by atoms with van der Waals surface area (Å²) in [5, 5.41) is 9.00. The number of carboxylic acid groups (broad SMARTS) is 1. The summed E-state index contributed by atoms with van der Waals surface area (Å²) in [7, 11) is 0. The summed E-state index contributed by atoms with van der Waals surface area (Å²) < 4.78 is 13.7. The first-order valence-corrected chi connectivity index (χ1v) is 6.88. The average Bonchev–Trinajstić information content (AvgIpc) is 2.34. The average molecular weight is 268 g/mol. The zero-order valence-corrected chi connectivity index (χ0v) is 11.3. The second kappa shape index (κ2) is 7.21. The second-order valence-electron chi connectivity index (χ2n) is 4.05. The second-order valence-corrected chi connectivity index (χ2v) is 5.48. The molecule has 2 nitrogen and oxygen atoms in total. The van der Waals surface area contributed by atoms with Crippen LogP contribution in [0.15, 0.2) is 24.3 Å². The molecule has 0 heterocycles. The third-order valence-corrected chi connectivity index (χ3v) is 3.97. The van der Waals surface area contributed by atoms with Crippen molar-refractivity contribution in [1.29, 1.82) is 0 Å². The fourth-order valence-electron chi connectivity index (χ4n) is 1.30. The number of hydrogen-bond donors (Lipinski definition) is 1. The molecular formula is C14H17FO2S. The molecule has 0 aliphatic rings. The van der Waals surface area contributed by atoms with Gasteiger partial charge in [-0.1, -0.05) is 26.0 Å². The summed E-state index contributed by atoms with van der Waals surface area (Å²) in [6.45, 7) is 4.22. The molecule has 1 unspecified atom stereocenters. The number of carbonyl (C=O) groups is 1. The topological polar surface area (TPSA) is 37.3 Å². The van der Waals surface area contributed by atoms with Gasteiger partial charge in [0.2, 0.25) is 0 Å². The van der Waals surface area contributed by atoms with Crippen molar-refractivity contribution >= 4 is 23.8 Å². The van der Waals surface area contributed by atoms with Crippen LogP contribution in [0.2, 0.25) is 0 Å². The minimum atomic E-state index is -1.04. The predicted octanol–water partition coefficient (Wildman–Crippen LogP) is 3.96. The minimum Gasteiger partial charge on any atom is -0.478 e. The Kier molecular flexibility index (Phi) is 5.92. The molecule has 0 bridgehead atoms. The van der Waals surface area contributed by atoms with Crippen LogP contribution in [-0.4, -0.2) is 16.3 Å². The minimum absolute atomic E-state index is 0.279. The van der Waals surface area contributed by atoms with E-state index in [0.29, 0.717) is 22.1 Å². The van der Waals surface area contributed by atoms with Crippen LogP contribution in [0.5, 0.6) is 0 Å². The molecule has 0 saturated heterocycles. The molecule has 0 aliphatic heterocycles. The predicted molar refractivity (Wildman–Crippen MR) is 74.1 cm³/mol. The van der Waals surface area contributed by atoms with Crippen molar-refractivity contribution in [2.75, 3.05) is 0 Å². The molecule has 0 saturated carbocycles. The Morgan fingerprint density at radius 2 is 2.28 bits per heavy atom. The standard InChI is InChI=1S/C14H17FO2S/c1-3-10(2)18-9-12-6-4-11(8-13(12)15)5-7-14(16)17/h4-8,10H,3,9H2,1-2H3,(H,16,17)/b7-5+. The highest BCUT2D eigenvalue weighted by atomic mass is 32.2. The van der Waals surface area contributed by atoms with E-state index in [0.717, 1.165) is 12.5 Å². The molecule has 1 atom stereocenters. The van der Waals surface area contributed by atoms with Gasteiger partial charge in [0, 0.05) is 17.1 Å². The van der Waals surface area contributed by atoms with E-state index in [1.807, 2.05) is 0 Å². The molecule has 1 N–H and O–H groups in total. The molecule has 1 rings (SSSR count). The first-order valence-electron chi connectivity index (χ1n) is 5.84. The molecule has 98 valence electrons. The first-order chi connectivity index (χ1) is 8.52. The summed E-state index contributed by atoms with van der Waals surface area (Å²) in [4.78, 5) is 10.4. The van der Waals surface area contributed by atoms with E-state index in [1.54, 1.807) is 23.9 Å². The van der Waals surface area contributed by atoms with E-state index in [4.69, 9.17) is 5.11 Å². The summed E-state index contributed by atoms with van der Waals surface area (Å²) in [5.41, 5.74) is 1.22. The Bertz CT molecular complexity index is 443. The molecule has 0 aliphatic carbocycles. The summed E-state index contributed by atoms with van der Waals surface area (Å²) in [6, 6.07) is 4.81. The molecular weight excluding hydrogens is 251 g/mol. The Morgan fingerprint density at radius 1 is 1.56 bits per heavy atom. The van der Waals surface area contributed by atoms with Gasteiger partial charge in [0.1, 0.15) is 5.82 Å². The molecule has 0 radical (unpaired) electrons. The molecule has 4 heteroatoms. The maximum absolute atomic E-state index is 13.7. The van der Waals surface area contributed by atoms with Crippen molar-refractivity contribution in [3.05, 3.63) is 41.2 Å².